The predicted molar refractivity (Wildman–Crippen MR) is 85.3 cm³/mol. The Morgan fingerprint density at radius 2 is 1.71 bits per heavy atom. The second-order valence-corrected chi connectivity index (χ2v) is 5.46. The molecule has 21 heavy (non-hydrogen) atoms. The molecule has 0 saturated heterocycles. The van der Waals surface area contributed by atoms with Crippen molar-refractivity contribution in [1.29, 1.82) is 0 Å². The molecule has 2 N–H and O–H groups in total. The molecule has 0 saturated carbocycles. The minimum Gasteiger partial charge on any atom is -0.356 e. The minimum absolute atomic E-state index is 0.00468. The van der Waals surface area contributed by atoms with Crippen molar-refractivity contribution >= 4 is 23.4 Å². The summed E-state index contributed by atoms with van der Waals surface area (Å²) in [6.07, 6.45) is 4.07. The summed E-state index contributed by atoms with van der Waals surface area (Å²) in [6, 6.07) is 7.65. The van der Waals surface area contributed by atoms with E-state index in [9.17, 15) is 9.59 Å². The molecule has 0 heterocycles. The van der Waals surface area contributed by atoms with Gasteiger partial charge in [0.05, 0.1) is 0 Å². The molecule has 0 bridgehead atoms. The van der Waals surface area contributed by atoms with Gasteiger partial charge in [0, 0.05) is 31.5 Å². The molecule has 0 aliphatic carbocycles. The Morgan fingerprint density at radius 3 is 2.38 bits per heavy atom. The monoisotopic (exact) mass is 310 g/mol. The summed E-state index contributed by atoms with van der Waals surface area (Å²) in [5.41, 5.74) is 1.16. The van der Waals surface area contributed by atoms with Crippen molar-refractivity contribution in [1.82, 2.24) is 10.6 Å². The molecular weight excluding hydrogens is 288 g/mol. The van der Waals surface area contributed by atoms with Crippen molar-refractivity contribution in [3.05, 3.63) is 34.9 Å². The van der Waals surface area contributed by atoms with E-state index < -0.39 is 0 Å². The Kier molecular flexibility index (Phi) is 8.51. The van der Waals surface area contributed by atoms with Crippen LogP contribution in [0.3, 0.4) is 0 Å². The van der Waals surface area contributed by atoms with Gasteiger partial charge in [-0.15, -0.1) is 0 Å². The third-order valence-corrected chi connectivity index (χ3v) is 3.36. The Labute approximate surface area is 131 Å². The number of carbonyl (C=O) groups excluding carboxylic acids is 2. The number of hydrogen-bond acceptors (Lipinski definition) is 2. The number of nitrogens with one attached hydrogen (secondary N) is 2. The van der Waals surface area contributed by atoms with Gasteiger partial charge in [-0.3, -0.25) is 9.59 Å². The van der Waals surface area contributed by atoms with Crippen molar-refractivity contribution in [3.8, 4) is 0 Å². The molecule has 0 aromatic heterocycles. The SMILES string of the molecule is CC(=O)NCCCCCC(=O)NCCc1ccc(Cl)cc1. The van der Waals surface area contributed by atoms with Crippen molar-refractivity contribution in [3.63, 3.8) is 0 Å². The van der Waals surface area contributed by atoms with Crippen molar-refractivity contribution in [2.75, 3.05) is 13.1 Å². The first-order valence-electron chi connectivity index (χ1n) is 7.33. The van der Waals surface area contributed by atoms with Crippen LogP contribution in [0, 0.1) is 0 Å². The second-order valence-electron chi connectivity index (χ2n) is 5.02. The average Bonchev–Trinajstić information content (AvgIpc) is 2.44. The molecule has 1 rings (SSSR count). The summed E-state index contributed by atoms with van der Waals surface area (Å²) in [5, 5.41) is 6.38. The van der Waals surface area contributed by atoms with E-state index in [-0.39, 0.29) is 11.8 Å². The van der Waals surface area contributed by atoms with Crippen LogP contribution in [0.2, 0.25) is 5.02 Å². The van der Waals surface area contributed by atoms with E-state index >= 15 is 0 Å². The number of unbranched alkanes of at least 4 members (excludes halogenated alkanes) is 2. The van der Waals surface area contributed by atoms with Gasteiger partial charge < -0.3 is 10.6 Å². The Balaban J connectivity index is 2.01. The van der Waals surface area contributed by atoms with E-state index in [4.69, 9.17) is 11.6 Å². The fourth-order valence-corrected chi connectivity index (χ4v) is 2.06. The third kappa shape index (κ3) is 9.08. The van der Waals surface area contributed by atoms with Crippen LogP contribution in [-0.4, -0.2) is 24.9 Å². The highest BCUT2D eigenvalue weighted by atomic mass is 35.5. The second kappa shape index (κ2) is 10.2. The molecule has 0 aliphatic rings. The van der Waals surface area contributed by atoms with Crippen LogP contribution in [-0.2, 0) is 16.0 Å². The van der Waals surface area contributed by atoms with E-state index in [1.807, 2.05) is 24.3 Å². The van der Waals surface area contributed by atoms with E-state index in [2.05, 4.69) is 10.6 Å². The molecule has 4 nitrogen and oxygen atoms in total. The van der Waals surface area contributed by atoms with Gasteiger partial charge in [-0.1, -0.05) is 30.2 Å². The zero-order chi connectivity index (χ0) is 15.5. The highest BCUT2D eigenvalue weighted by molar-refractivity contribution is 6.30. The molecule has 1 aromatic rings. The summed E-state index contributed by atoms with van der Waals surface area (Å²) >= 11 is 5.81. The van der Waals surface area contributed by atoms with Crippen molar-refractivity contribution in [2.45, 2.75) is 39.0 Å². The molecule has 2 amide bonds. The summed E-state index contributed by atoms with van der Waals surface area (Å²) in [7, 11) is 0. The molecule has 5 heteroatoms. The number of amides is 2. The topological polar surface area (TPSA) is 58.2 Å². The van der Waals surface area contributed by atoms with Gasteiger partial charge in [-0.25, -0.2) is 0 Å². The maximum Gasteiger partial charge on any atom is 0.220 e. The van der Waals surface area contributed by atoms with Gasteiger partial charge in [0.15, 0.2) is 0 Å². The highest BCUT2D eigenvalue weighted by Crippen LogP contribution is 2.09. The molecule has 0 fully saturated rings. The van der Waals surface area contributed by atoms with Crippen LogP contribution in [0.5, 0.6) is 0 Å². The van der Waals surface area contributed by atoms with Gasteiger partial charge in [0.2, 0.25) is 11.8 Å². The lowest BCUT2D eigenvalue weighted by molar-refractivity contribution is -0.121. The Bertz CT molecular complexity index is 446. The minimum atomic E-state index is -0.00468. The first-order valence-corrected chi connectivity index (χ1v) is 7.71. The van der Waals surface area contributed by atoms with Gasteiger partial charge in [0.1, 0.15) is 0 Å². The molecule has 116 valence electrons. The molecule has 0 aliphatic heterocycles. The van der Waals surface area contributed by atoms with E-state index in [1.54, 1.807) is 0 Å². The summed E-state index contributed by atoms with van der Waals surface area (Å²) in [4.78, 5) is 22.3. The summed E-state index contributed by atoms with van der Waals surface area (Å²) in [5.74, 6) is 0.0819. The fourth-order valence-electron chi connectivity index (χ4n) is 1.94. The van der Waals surface area contributed by atoms with Crippen molar-refractivity contribution < 1.29 is 9.59 Å². The fraction of sp³-hybridized carbons (Fsp3) is 0.500. The zero-order valence-electron chi connectivity index (χ0n) is 12.5. The number of benzene rings is 1. The predicted octanol–water partition coefficient (Wildman–Crippen LogP) is 2.70. The first kappa shape index (κ1) is 17.5. The summed E-state index contributed by atoms with van der Waals surface area (Å²) < 4.78 is 0. The molecular formula is C16H23ClN2O2. The van der Waals surface area contributed by atoms with Crippen LogP contribution in [0.15, 0.2) is 24.3 Å². The standard InChI is InChI=1S/C16H23ClN2O2/c1-13(20)18-11-4-2-3-5-16(21)19-12-10-14-6-8-15(17)9-7-14/h6-9H,2-5,10-12H2,1H3,(H,18,20)(H,19,21). The quantitative estimate of drug-likeness (QED) is 0.689. The first-order chi connectivity index (χ1) is 10.1. The van der Waals surface area contributed by atoms with Crippen LogP contribution in [0.1, 0.15) is 38.2 Å². The van der Waals surface area contributed by atoms with Crippen LogP contribution >= 0.6 is 11.6 Å². The molecule has 0 unspecified atom stereocenters. The van der Waals surface area contributed by atoms with Crippen LogP contribution < -0.4 is 10.6 Å². The number of carbonyl (C=O) groups is 2. The number of halogens is 1. The molecule has 1 aromatic carbocycles. The lowest BCUT2D eigenvalue weighted by Crippen LogP contribution is -2.25. The van der Waals surface area contributed by atoms with Gasteiger partial charge in [-0.2, -0.15) is 0 Å². The Morgan fingerprint density at radius 1 is 1.00 bits per heavy atom. The van der Waals surface area contributed by atoms with Crippen molar-refractivity contribution in [2.24, 2.45) is 0 Å². The van der Waals surface area contributed by atoms with Gasteiger partial charge >= 0.3 is 0 Å². The van der Waals surface area contributed by atoms with Gasteiger partial charge in [0.25, 0.3) is 0 Å². The molecule has 0 radical (unpaired) electrons. The van der Waals surface area contributed by atoms with Crippen LogP contribution in [0.25, 0.3) is 0 Å². The summed E-state index contributed by atoms with van der Waals surface area (Å²) in [6.45, 7) is 2.84. The van der Waals surface area contributed by atoms with E-state index in [0.29, 0.717) is 19.5 Å². The lowest BCUT2D eigenvalue weighted by Gasteiger charge is -2.06. The number of hydrogen-bond donors (Lipinski definition) is 2. The van der Waals surface area contributed by atoms with Crippen LogP contribution in [0.4, 0.5) is 0 Å². The Hall–Kier alpha value is -1.55. The number of rotatable bonds is 9. The molecule has 0 atom stereocenters. The third-order valence-electron chi connectivity index (χ3n) is 3.10. The maximum absolute atomic E-state index is 11.6. The lowest BCUT2D eigenvalue weighted by atomic mass is 10.1. The largest absolute Gasteiger partial charge is 0.356 e. The molecule has 0 spiro atoms. The highest BCUT2D eigenvalue weighted by Gasteiger charge is 2.01. The maximum atomic E-state index is 11.6. The average molecular weight is 311 g/mol. The van der Waals surface area contributed by atoms with E-state index in [1.165, 1.54) is 6.92 Å². The van der Waals surface area contributed by atoms with E-state index in [0.717, 1.165) is 36.3 Å². The normalized spacial score (nSPS) is 10.2. The van der Waals surface area contributed by atoms with Gasteiger partial charge in [-0.05, 0) is 37.0 Å². The smallest absolute Gasteiger partial charge is 0.220 e. The zero-order valence-corrected chi connectivity index (χ0v) is 13.2.